The highest BCUT2D eigenvalue weighted by Gasteiger charge is 2.25. The van der Waals surface area contributed by atoms with Crippen LogP contribution in [0.5, 0.6) is 11.5 Å². The van der Waals surface area contributed by atoms with Crippen molar-refractivity contribution in [3.63, 3.8) is 0 Å². The number of carbonyl (C=O) groups is 1. The van der Waals surface area contributed by atoms with Gasteiger partial charge in [-0.2, -0.15) is 0 Å². The molecule has 2 aromatic carbocycles. The van der Waals surface area contributed by atoms with Crippen molar-refractivity contribution in [1.82, 2.24) is 0 Å². The van der Waals surface area contributed by atoms with E-state index in [1.165, 1.54) is 0 Å². The van der Waals surface area contributed by atoms with Crippen LogP contribution >= 0.6 is 0 Å². The maximum Gasteiger partial charge on any atom is 0.251 e. The van der Waals surface area contributed by atoms with E-state index in [2.05, 4.69) is 6.92 Å². The maximum absolute atomic E-state index is 12.7. The Labute approximate surface area is 148 Å². The average Bonchev–Trinajstić information content (AvgIpc) is 2.64. The molecule has 2 aromatic rings. The number of hydrogen-bond donors (Lipinski definition) is 0. The Balaban J connectivity index is 1.80. The van der Waals surface area contributed by atoms with Crippen LogP contribution in [0.15, 0.2) is 54.6 Å². The van der Waals surface area contributed by atoms with Gasteiger partial charge in [-0.05, 0) is 37.6 Å². The lowest BCUT2D eigenvalue weighted by Crippen LogP contribution is -2.41. The number of carbonyl (C=O) groups excluding carboxylic acids is 1. The molecule has 1 atom stereocenters. The fourth-order valence-corrected chi connectivity index (χ4v) is 2.81. The van der Waals surface area contributed by atoms with Crippen LogP contribution in [0.2, 0.25) is 0 Å². The Morgan fingerprint density at radius 3 is 2.84 bits per heavy atom. The van der Waals surface area contributed by atoms with Gasteiger partial charge in [0.1, 0.15) is 17.6 Å². The number of benzene rings is 2. The molecule has 25 heavy (non-hydrogen) atoms. The summed E-state index contributed by atoms with van der Waals surface area (Å²) in [5.74, 6) is 1.48. The number of amides is 1. The van der Waals surface area contributed by atoms with E-state index in [0.29, 0.717) is 13.2 Å². The summed E-state index contributed by atoms with van der Waals surface area (Å²) in [6, 6.07) is 15.4. The first-order chi connectivity index (χ1) is 12.2. The van der Waals surface area contributed by atoms with Crippen LogP contribution < -0.4 is 14.4 Å². The summed E-state index contributed by atoms with van der Waals surface area (Å²) in [6.07, 6.45) is 4.32. The van der Waals surface area contributed by atoms with Gasteiger partial charge in [0.2, 0.25) is 0 Å². The molecule has 0 aromatic heterocycles. The van der Waals surface area contributed by atoms with Crippen LogP contribution in [0.4, 0.5) is 5.69 Å². The predicted molar refractivity (Wildman–Crippen MR) is 100 cm³/mol. The number of ether oxygens (including phenoxy) is 2. The fourth-order valence-electron chi connectivity index (χ4n) is 2.81. The second-order valence-electron chi connectivity index (χ2n) is 6.06. The van der Waals surface area contributed by atoms with Crippen molar-refractivity contribution in [1.29, 1.82) is 0 Å². The first kappa shape index (κ1) is 17.1. The lowest BCUT2D eigenvalue weighted by atomic mass is 10.1. The molecular weight excluding hydrogens is 314 g/mol. The molecule has 130 valence electrons. The van der Waals surface area contributed by atoms with Crippen molar-refractivity contribution in [2.24, 2.45) is 0 Å². The predicted octanol–water partition coefficient (Wildman–Crippen LogP) is 4.30. The molecule has 1 aliphatic heterocycles. The molecule has 0 bridgehead atoms. The van der Waals surface area contributed by atoms with Gasteiger partial charge in [0, 0.05) is 11.6 Å². The van der Waals surface area contributed by atoms with Gasteiger partial charge in [-0.3, -0.25) is 4.79 Å². The van der Waals surface area contributed by atoms with E-state index >= 15 is 0 Å². The van der Waals surface area contributed by atoms with Crippen molar-refractivity contribution in [3.05, 3.63) is 60.2 Å². The number of hydrogen-bond acceptors (Lipinski definition) is 3. The van der Waals surface area contributed by atoms with E-state index < -0.39 is 0 Å². The lowest BCUT2D eigenvalue weighted by Gasteiger charge is -2.32. The number of anilines is 1. The monoisotopic (exact) mass is 337 g/mol. The Hall–Kier alpha value is -2.75. The summed E-state index contributed by atoms with van der Waals surface area (Å²) in [7, 11) is 0. The van der Waals surface area contributed by atoms with Gasteiger partial charge in [-0.1, -0.05) is 37.3 Å². The molecule has 0 saturated heterocycles. The molecule has 0 N–H and O–H groups in total. The Bertz CT molecular complexity index is 769. The second kappa shape index (κ2) is 7.88. The standard InChI is InChI=1S/C21H23NO3/c1-3-14-24-19-10-6-4-8-17(19)12-13-21(23)22-15-16(2)25-20-11-7-5-9-18(20)22/h4-13,16H,3,14-15H2,1-2H3/b13-12+. The molecular formula is C21H23NO3. The summed E-state index contributed by atoms with van der Waals surface area (Å²) in [6.45, 7) is 5.23. The van der Waals surface area contributed by atoms with E-state index in [1.807, 2.05) is 61.5 Å². The largest absolute Gasteiger partial charge is 0.493 e. The number of fused-ring (bicyclic) bond motifs is 1. The normalized spacial score (nSPS) is 16.4. The molecule has 1 heterocycles. The first-order valence-corrected chi connectivity index (χ1v) is 8.66. The first-order valence-electron chi connectivity index (χ1n) is 8.66. The Kier molecular flexibility index (Phi) is 5.39. The van der Waals surface area contributed by atoms with Gasteiger partial charge in [-0.25, -0.2) is 0 Å². The summed E-state index contributed by atoms with van der Waals surface area (Å²) < 4.78 is 11.5. The van der Waals surface area contributed by atoms with Crippen LogP contribution in [0.1, 0.15) is 25.8 Å². The van der Waals surface area contributed by atoms with E-state index in [-0.39, 0.29) is 12.0 Å². The molecule has 0 aliphatic carbocycles. The molecule has 4 nitrogen and oxygen atoms in total. The highest BCUT2D eigenvalue weighted by Crippen LogP contribution is 2.33. The minimum atomic E-state index is -0.0621. The molecule has 1 unspecified atom stereocenters. The summed E-state index contributed by atoms with van der Waals surface area (Å²) in [5.41, 5.74) is 1.71. The minimum Gasteiger partial charge on any atom is -0.493 e. The van der Waals surface area contributed by atoms with Gasteiger partial charge < -0.3 is 14.4 Å². The Morgan fingerprint density at radius 2 is 2.00 bits per heavy atom. The number of rotatable bonds is 5. The smallest absolute Gasteiger partial charge is 0.251 e. The molecule has 0 fully saturated rings. The van der Waals surface area contributed by atoms with Crippen LogP contribution in [0.3, 0.4) is 0 Å². The zero-order valence-corrected chi connectivity index (χ0v) is 14.6. The minimum absolute atomic E-state index is 0.0348. The quantitative estimate of drug-likeness (QED) is 0.764. The average molecular weight is 337 g/mol. The molecule has 1 aliphatic rings. The zero-order chi connectivity index (χ0) is 17.6. The van der Waals surface area contributed by atoms with Gasteiger partial charge >= 0.3 is 0 Å². The topological polar surface area (TPSA) is 38.8 Å². The number of para-hydroxylation sites is 3. The SMILES string of the molecule is CCCOc1ccccc1/C=C/C(=O)N1CC(C)Oc2ccccc21. The molecule has 3 rings (SSSR count). The zero-order valence-electron chi connectivity index (χ0n) is 14.6. The molecule has 0 radical (unpaired) electrons. The van der Waals surface area contributed by atoms with Crippen molar-refractivity contribution in [2.45, 2.75) is 26.4 Å². The van der Waals surface area contributed by atoms with Crippen LogP contribution in [-0.2, 0) is 4.79 Å². The summed E-state index contributed by atoms with van der Waals surface area (Å²) in [5, 5.41) is 0. The van der Waals surface area contributed by atoms with E-state index in [9.17, 15) is 4.79 Å². The van der Waals surface area contributed by atoms with Gasteiger partial charge in [0.05, 0.1) is 18.8 Å². The second-order valence-corrected chi connectivity index (χ2v) is 6.06. The van der Waals surface area contributed by atoms with Crippen molar-refractivity contribution in [3.8, 4) is 11.5 Å². The van der Waals surface area contributed by atoms with Crippen molar-refractivity contribution < 1.29 is 14.3 Å². The van der Waals surface area contributed by atoms with Crippen LogP contribution in [-0.4, -0.2) is 25.2 Å². The summed E-state index contributed by atoms with van der Waals surface area (Å²) in [4.78, 5) is 14.5. The third-order valence-electron chi connectivity index (χ3n) is 3.98. The van der Waals surface area contributed by atoms with Gasteiger partial charge in [0.15, 0.2) is 0 Å². The third-order valence-corrected chi connectivity index (χ3v) is 3.98. The van der Waals surface area contributed by atoms with Crippen LogP contribution in [0, 0.1) is 0 Å². The van der Waals surface area contributed by atoms with Crippen molar-refractivity contribution >= 4 is 17.7 Å². The number of nitrogens with zero attached hydrogens (tertiary/aromatic N) is 1. The molecule has 0 saturated carbocycles. The van der Waals surface area contributed by atoms with E-state index in [0.717, 1.165) is 29.2 Å². The van der Waals surface area contributed by atoms with Crippen molar-refractivity contribution in [2.75, 3.05) is 18.1 Å². The highest BCUT2D eigenvalue weighted by molar-refractivity contribution is 6.05. The lowest BCUT2D eigenvalue weighted by molar-refractivity contribution is -0.114. The van der Waals surface area contributed by atoms with Gasteiger partial charge in [-0.15, -0.1) is 0 Å². The van der Waals surface area contributed by atoms with E-state index in [4.69, 9.17) is 9.47 Å². The fraction of sp³-hybridized carbons (Fsp3) is 0.286. The maximum atomic E-state index is 12.7. The molecule has 0 spiro atoms. The van der Waals surface area contributed by atoms with Gasteiger partial charge in [0.25, 0.3) is 5.91 Å². The molecule has 4 heteroatoms. The third kappa shape index (κ3) is 4.02. The summed E-state index contributed by atoms with van der Waals surface area (Å²) >= 11 is 0. The van der Waals surface area contributed by atoms with E-state index in [1.54, 1.807) is 11.0 Å². The Morgan fingerprint density at radius 1 is 1.24 bits per heavy atom. The highest BCUT2D eigenvalue weighted by atomic mass is 16.5. The van der Waals surface area contributed by atoms with Crippen LogP contribution in [0.25, 0.3) is 6.08 Å². The molecule has 1 amide bonds.